The number of aromatic nitrogens is 2. The first-order chi connectivity index (χ1) is 13.5. The second-order valence-electron chi connectivity index (χ2n) is 6.93. The van der Waals surface area contributed by atoms with E-state index in [2.05, 4.69) is 15.7 Å². The van der Waals surface area contributed by atoms with E-state index in [1.807, 2.05) is 13.2 Å². The van der Waals surface area contributed by atoms with E-state index >= 15 is 0 Å². The van der Waals surface area contributed by atoms with Gasteiger partial charge in [-0.1, -0.05) is 12.1 Å². The largest absolute Gasteiger partial charge is 0.326 e. The topological polar surface area (TPSA) is 76.0 Å². The molecule has 2 atom stereocenters. The highest BCUT2D eigenvalue weighted by molar-refractivity contribution is 6.05. The van der Waals surface area contributed by atoms with Gasteiger partial charge in [-0.05, 0) is 54.3 Å². The fourth-order valence-electron chi connectivity index (χ4n) is 3.23. The summed E-state index contributed by atoms with van der Waals surface area (Å²) in [6.45, 7) is 0. The van der Waals surface area contributed by atoms with Crippen molar-refractivity contribution in [3.8, 4) is 0 Å². The summed E-state index contributed by atoms with van der Waals surface area (Å²) in [4.78, 5) is 24.9. The number of carbonyl (C=O) groups excluding carboxylic acids is 2. The van der Waals surface area contributed by atoms with E-state index in [-0.39, 0.29) is 23.7 Å². The van der Waals surface area contributed by atoms with Crippen LogP contribution >= 0.6 is 0 Å². The molecule has 3 aromatic rings. The highest BCUT2D eigenvalue weighted by Crippen LogP contribution is 2.47. The number of amides is 2. The van der Waals surface area contributed by atoms with Gasteiger partial charge in [-0.2, -0.15) is 5.10 Å². The van der Waals surface area contributed by atoms with Crippen LogP contribution in [0.25, 0.3) is 0 Å². The number of rotatable bonds is 5. The number of anilines is 2. The van der Waals surface area contributed by atoms with Gasteiger partial charge in [-0.3, -0.25) is 14.3 Å². The zero-order chi connectivity index (χ0) is 19.7. The molecule has 142 valence electrons. The predicted octanol–water partition coefficient (Wildman–Crippen LogP) is 3.55. The smallest absolute Gasteiger partial charge is 0.255 e. The third kappa shape index (κ3) is 3.93. The van der Waals surface area contributed by atoms with Crippen LogP contribution in [0.15, 0.2) is 60.9 Å². The first-order valence-corrected chi connectivity index (χ1v) is 8.96. The maximum absolute atomic E-state index is 13.3. The third-order valence-corrected chi connectivity index (χ3v) is 4.75. The van der Waals surface area contributed by atoms with Crippen LogP contribution in [0.2, 0.25) is 0 Å². The quantitative estimate of drug-likeness (QED) is 0.713. The molecular weight excluding hydrogens is 359 g/mol. The van der Waals surface area contributed by atoms with Crippen LogP contribution in [-0.2, 0) is 11.8 Å². The van der Waals surface area contributed by atoms with E-state index in [9.17, 15) is 14.0 Å². The van der Waals surface area contributed by atoms with Gasteiger partial charge in [0.05, 0.1) is 6.20 Å². The summed E-state index contributed by atoms with van der Waals surface area (Å²) in [6, 6.07) is 12.4. The Morgan fingerprint density at radius 2 is 1.86 bits per heavy atom. The fourth-order valence-corrected chi connectivity index (χ4v) is 3.23. The van der Waals surface area contributed by atoms with E-state index < -0.39 is 5.82 Å². The van der Waals surface area contributed by atoms with Crippen LogP contribution in [-0.4, -0.2) is 21.6 Å². The van der Waals surface area contributed by atoms with Crippen molar-refractivity contribution in [2.45, 2.75) is 12.3 Å². The van der Waals surface area contributed by atoms with Crippen LogP contribution in [0.5, 0.6) is 0 Å². The lowest BCUT2D eigenvalue weighted by molar-refractivity contribution is -0.117. The highest BCUT2D eigenvalue weighted by Gasteiger charge is 2.44. The van der Waals surface area contributed by atoms with Crippen LogP contribution < -0.4 is 10.6 Å². The maximum atomic E-state index is 13.3. The van der Waals surface area contributed by atoms with Crippen molar-refractivity contribution in [2.24, 2.45) is 13.0 Å². The first kappa shape index (κ1) is 17.9. The van der Waals surface area contributed by atoms with Crippen molar-refractivity contribution >= 4 is 23.2 Å². The zero-order valence-electron chi connectivity index (χ0n) is 15.2. The number of hydrogen-bond donors (Lipinski definition) is 2. The third-order valence-electron chi connectivity index (χ3n) is 4.75. The molecule has 1 saturated carbocycles. The van der Waals surface area contributed by atoms with Crippen molar-refractivity contribution in [3.05, 3.63) is 77.9 Å². The minimum absolute atomic E-state index is 0.0726. The van der Waals surface area contributed by atoms with E-state index in [0.29, 0.717) is 16.9 Å². The van der Waals surface area contributed by atoms with Crippen LogP contribution in [0.4, 0.5) is 15.8 Å². The zero-order valence-corrected chi connectivity index (χ0v) is 15.2. The molecule has 1 aliphatic carbocycles. The second-order valence-corrected chi connectivity index (χ2v) is 6.93. The Morgan fingerprint density at radius 1 is 1.11 bits per heavy atom. The summed E-state index contributed by atoms with van der Waals surface area (Å²) < 4.78 is 15.0. The molecule has 6 nitrogen and oxygen atoms in total. The minimum Gasteiger partial charge on any atom is -0.326 e. The molecular formula is C21H19FN4O2. The van der Waals surface area contributed by atoms with E-state index in [1.165, 1.54) is 18.2 Å². The summed E-state index contributed by atoms with van der Waals surface area (Å²) in [5, 5.41) is 9.66. The summed E-state index contributed by atoms with van der Waals surface area (Å²) in [5.41, 5.74) is 2.36. The lowest BCUT2D eigenvalue weighted by Crippen LogP contribution is -2.16. The molecule has 7 heteroatoms. The Kier molecular flexibility index (Phi) is 4.65. The number of nitrogens with one attached hydrogen (secondary N) is 2. The number of benzene rings is 2. The van der Waals surface area contributed by atoms with Crippen molar-refractivity contribution < 1.29 is 14.0 Å². The van der Waals surface area contributed by atoms with Gasteiger partial charge in [0.25, 0.3) is 5.91 Å². The first-order valence-electron chi connectivity index (χ1n) is 8.96. The normalized spacial score (nSPS) is 17.8. The minimum atomic E-state index is -0.425. The summed E-state index contributed by atoms with van der Waals surface area (Å²) >= 11 is 0. The molecule has 0 saturated heterocycles. The van der Waals surface area contributed by atoms with Gasteiger partial charge in [0.2, 0.25) is 5.91 Å². The van der Waals surface area contributed by atoms with Crippen molar-refractivity contribution in [2.75, 3.05) is 10.6 Å². The Hall–Kier alpha value is -3.48. The molecule has 1 aliphatic rings. The molecule has 0 aliphatic heterocycles. The van der Waals surface area contributed by atoms with E-state index in [4.69, 9.17) is 0 Å². The number of carbonyl (C=O) groups is 2. The van der Waals surface area contributed by atoms with Gasteiger partial charge in [-0.15, -0.1) is 0 Å². The number of halogens is 1. The molecule has 1 fully saturated rings. The molecule has 28 heavy (non-hydrogen) atoms. The molecule has 0 bridgehead atoms. The van der Waals surface area contributed by atoms with Crippen LogP contribution in [0.3, 0.4) is 0 Å². The Balaban J connectivity index is 1.40. The molecule has 1 heterocycles. The predicted molar refractivity (Wildman–Crippen MR) is 103 cm³/mol. The van der Waals surface area contributed by atoms with Crippen molar-refractivity contribution in [1.29, 1.82) is 0 Å². The lowest BCUT2D eigenvalue weighted by Gasteiger charge is -2.08. The molecule has 2 unspecified atom stereocenters. The van der Waals surface area contributed by atoms with Gasteiger partial charge in [0, 0.05) is 36.1 Å². The second kappa shape index (κ2) is 7.26. The van der Waals surface area contributed by atoms with E-state index in [0.717, 1.165) is 12.0 Å². The molecule has 2 amide bonds. The molecule has 0 radical (unpaired) electrons. The summed E-state index contributed by atoms with van der Waals surface area (Å²) in [7, 11) is 1.85. The van der Waals surface area contributed by atoms with E-state index in [1.54, 1.807) is 41.2 Å². The van der Waals surface area contributed by atoms with Crippen molar-refractivity contribution in [1.82, 2.24) is 9.78 Å². The molecule has 2 aromatic carbocycles. The molecule has 2 N–H and O–H groups in total. The summed E-state index contributed by atoms with van der Waals surface area (Å²) in [6.07, 6.45) is 4.50. The lowest BCUT2D eigenvalue weighted by atomic mass is 10.1. The number of nitrogens with zero attached hydrogens (tertiary/aromatic N) is 2. The average Bonchev–Trinajstić information content (AvgIpc) is 3.36. The van der Waals surface area contributed by atoms with Crippen LogP contribution in [0.1, 0.15) is 28.3 Å². The summed E-state index contributed by atoms with van der Waals surface area (Å²) in [5.74, 6) is -0.772. The van der Waals surface area contributed by atoms with Crippen molar-refractivity contribution in [3.63, 3.8) is 0 Å². The molecule has 4 rings (SSSR count). The number of hydrogen-bond acceptors (Lipinski definition) is 3. The van der Waals surface area contributed by atoms with Gasteiger partial charge in [0.1, 0.15) is 5.82 Å². The van der Waals surface area contributed by atoms with Gasteiger partial charge < -0.3 is 10.6 Å². The Bertz CT molecular complexity index is 1050. The average molecular weight is 378 g/mol. The Morgan fingerprint density at radius 3 is 2.57 bits per heavy atom. The highest BCUT2D eigenvalue weighted by atomic mass is 19.1. The van der Waals surface area contributed by atoms with Gasteiger partial charge >= 0.3 is 0 Å². The fraction of sp³-hybridized carbons (Fsp3) is 0.190. The molecule has 0 spiro atoms. The monoisotopic (exact) mass is 378 g/mol. The molecule has 1 aromatic heterocycles. The van der Waals surface area contributed by atoms with Gasteiger partial charge in [-0.25, -0.2) is 4.39 Å². The van der Waals surface area contributed by atoms with Gasteiger partial charge in [0.15, 0.2) is 0 Å². The number of aryl methyl sites for hydroxylation is 1. The SMILES string of the molecule is Cn1cc(C2CC2C(=O)Nc2cccc(C(=O)Nc3cccc(F)c3)c2)cn1. The Labute approximate surface area is 161 Å². The standard InChI is InChI=1S/C21H19FN4O2/c1-26-12-14(11-23-26)18-10-19(18)21(28)25-16-6-2-4-13(8-16)20(27)24-17-7-3-5-15(22)9-17/h2-9,11-12,18-19H,10H2,1H3,(H,24,27)(H,25,28). The van der Waals surface area contributed by atoms with Crippen LogP contribution in [0, 0.1) is 11.7 Å². The maximum Gasteiger partial charge on any atom is 0.255 e.